The molecule has 0 N–H and O–H groups in total. The predicted octanol–water partition coefficient (Wildman–Crippen LogP) is 13.4. The average molecular weight is 649 g/mol. The highest BCUT2D eigenvalue weighted by atomic mass is 16.5. The number of hydrogen-bond acceptors (Lipinski definition) is 1. The summed E-state index contributed by atoms with van der Waals surface area (Å²) in [6.45, 7) is 0. The molecule has 1 heteroatoms. The van der Waals surface area contributed by atoms with Crippen molar-refractivity contribution in [1.82, 2.24) is 0 Å². The van der Waals surface area contributed by atoms with Crippen molar-refractivity contribution < 1.29 is 4.74 Å². The molecular formula is C50H32O. The van der Waals surface area contributed by atoms with Crippen LogP contribution in [0.5, 0.6) is 5.75 Å². The van der Waals surface area contributed by atoms with Crippen LogP contribution in [-0.2, 0) is 0 Å². The highest BCUT2D eigenvalue weighted by Crippen LogP contribution is 2.51. The van der Waals surface area contributed by atoms with E-state index in [1.165, 1.54) is 87.2 Å². The Morgan fingerprint density at radius 1 is 0.353 bits per heavy atom. The van der Waals surface area contributed by atoms with Gasteiger partial charge in [0.1, 0.15) is 11.9 Å². The number of fused-ring (bicyclic) bond motifs is 9. The van der Waals surface area contributed by atoms with Gasteiger partial charge in [-0.25, -0.2) is 0 Å². The van der Waals surface area contributed by atoms with Crippen molar-refractivity contribution in [3.8, 4) is 39.1 Å². The molecule has 1 nitrogen and oxygen atoms in total. The number of para-hydroxylation sites is 1. The summed E-state index contributed by atoms with van der Waals surface area (Å²) >= 11 is 0. The third-order valence-corrected chi connectivity index (χ3v) is 11.2. The minimum Gasteiger partial charge on any atom is -0.484 e. The number of allylic oxidation sites excluding steroid dienone is 2. The molecule has 1 aliphatic carbocycles. The highest BCUT2D eigenvalue weighted by molar-refractivity contribution is 6.27. The Bertz CT molecular complexity index is 2900. The van der Waals surface area contributed by atoms with Crippen molar-refractivity contribution in [3.63, 3.8) is 0 Å². The van der Waals surface area contributed by atoms with E-state index in [9.17, 15) is 0 Å². The smallest absolute Gasteiger partial charge is 0.132 e. The fraction of sp³-hybridized carbons (Fsp3) is 0.0400. The van der Waals surface area contributed by atoms with E-state index in [1.807, 2.05) is 0 Å². The van der Waals surface area contributed by atoms with Crippen LogP contribution >= 0.6 is 0 Å². The van der Waals surface area contributed by atoms with Crippen LogP contribution in [0.4, 0.5) is 0 Å². The highest BCUT2D eigenvalue weighted by Gasteiger charge is 2.34. The lowest BCUT2D eigenvalue weighted by Gasteiger charge is -2.21. The molecule has 11 rings (SSSR count). The lowest BCUT2D eigenvalue weighted by Crippen LogP contribution is -2.15. The first kappa shape index (κ1) is 28.4. The molecule has 0 saturated carbocycles. The number of hydrogen-bond donors (Lipinski definition) is 0. The van der Waals surface area contributed by atoms with E-state index in [2.05, 4.69) is 182 Å². The van der Waals surface area contributed by atoms with Gasteiger partial charge in [0.2, 0.25) is 0 Å². The maximum absolute atomic E-state index is 6.74. The van der Waals surface area contributed by atoms with Gasteiger partial charge in [-0.1, -0.05) is 170 Å². The summed E-state index contributed by atoms with van der Waals surface area (Å²) in [5, 5.41) is 12.6. The molecule has 0 aromatic heterocycles. The third-order valence-electron chi connectivity index (χ3n) is 11.2. The average Bonchev–Trinajstić information content (AvgIpc) is 3.58. The predicted molar refractivity (Wildman–Crippen MR) is 216 cm³/mol. The zero-order chi connectivity index (χ0) is 33.5. The van der Waals surface area contributed by atoms with Gasteiger partial charge in [0.05, 0.1) is 0 Å². The first-order valence-corrected chi connectivity index (χ1v) is 17.8. The van der Waals surface area contributed by atoms with E-state index in [-0.39, 0.29) is 12.0 Å². The Labute approximate surface area is 296 Å². The largest absolute Gasteiger partial charge is 0.484 e. The Morgan fingerprint density at radius 3 is 1.57 bits per heavy atom. The van der Waals surface area contributed by atoms with Crippen LogP contribution in [0.3, 0.4) is 0 Å². The molecule has 0 fully saturated rings. The van der Waals surface area contributed by atoms with Crippen molar-refractivity contribution >= 4 is 53.9 Å². The summed E-state index contributed by atoms with van der Waals surface area (Å²) in [6.07, 6.45) is 8.74. The van der Waals surface area contributed by atoms with E-state index in [1.54, 1.807) is 0 Å². The molecule has 2 atom stereocenters. The van der Waals surface area contributed by atoms with Crippen LogP contribution in [0.1, 0.15) is 11.5 Å². The van der Waals surface area contributed by atoms with Crippen molar-refractivity contribution in [2.75, 3.05) is 0 Å². The number of ether oxygens (including phenoxy) is 1. The summed E-state index contributed by atoms with van der Waals surface area (Å²) in [5.74, 6) is 1.24. The van der Waals surface area contributed by atoms with E-state index in [4.69, 9.17) is 4.74 Å². The fourth-order valence-corrected chi connectivity index (χ4v) is 9.00. The summed E-state index contributed by atoms with van der Waals surface area (Å²) in [5.41, 5.74) is 8.68. The summed E-state index contributed by atoms with van der Waals surface area (Å²) in [6, 6.07) is 58.2. The maximum Gasteiger partial charge on any atom is 0.132 e. The summed E-state index contributed by atoms with van der Waals surface area (Å²) in [7, 11) is 0. The summed E-state index contributed by atoms with van der Waals surface area (Å²) in [4.78, 5) is 0. The number of rotatable bonds is 3. The Kier molecular flexibility index (Phi) is 6.15. The van der Waals surface area contributed by atoms with Gasteiger partial charge in [-0.2, -0.15) is 0 Å². The van der Waals surface area contributed by atoms with Gasteiger partial charge in [0, 0.05) is 17.0 Å². The Morgan fingerprint density at radius 2 is 0.843 bits per heavy atom. The minimum atomic E-state index is 0.0337. The van der Waals surface area contributed by atoms with Crippen LogP contribution in [0.25, 0.3) is 87.2 Å². The van der Waals surface area contributed by atoms with Crippen LogP contribution in [-0.4, -0.2) is 6.10 Å². The third kappa shape index (κ3) is 4.16. The van der Waals surface area contributed by atoms with Gasteiger partial charge < -0.3 is 4.74 Å². The standard InChI is InChI=1S/C50H32O/c1-2-16-32-31(14-1)15-11-25-37(32)48-38-20-5-7-22-40(38)49(41-23-8-6-21-39(41)48)42-26-12-24-35-33-17-3-4-18-34(33)46(30-45(35)42)44-28-13-27-43-36-19-9-10-29-47(36)51-50(43)44/h1-30,36,47H. The molecule has 9 aromatic rings. The molecular weight excluding hydrogens is 617 g/mol. The molecule has 238 valence electrons. The van der Waals surface area contributed by atoms with Gasteiger partial charge in [-0.3, -0.25) is 0 Å². The number of benzene rings is 9. The van der Waals surface area contributed by atoms with Gasteiger partial charge in [0.15, 0.2) is 0 Å². The Balaban J connectivity index is 1.24. The first-order valence-electron chi connectivity index (χ1n) is 17.8. The summed E-state index contributed by atoms with van der Waals surface area (Å²) < 4.78 is 6.74. The first-order chi connectivity index (χ1) is 25.3. The van der Waals surface area contributed by atoms with Crippen LogP contribution in [0.15, 0.2) is 182 Å². The van der Waals surface area contributed by atoms with Crippen molar-refractivity contribution in [3.05, 3.63) is 188 Å². The molecule has 1 heterocycles. The molecule has 2 aliphatic rings. The second-order valence-electron chi connectivity index (χ2n) is 13.8. The van der Waals surface area contributed by atoms with Crippen molar-refractivity contribution in [1.29, 1.82) is 0 Å². The topological polar surface area (TPSA) is 9.23 Å². The molecule has 2 unspecified atom stereocenters. The van der Waals surface area contributed by atoms with Gasteiger partial charge >= 0.3 is 0 Å². The molecule has 0 saturated heterocycles. The van der Waals surface area contributed by atoms with E-state index >= 15 is 0 Å². The van der Waals surface area contributed by atoms with Gasteiger partial charge in [-0.05, 0) is 93.8 Å². The van der Waals surface area contributed by atoms with E-state index in [0.717, 1.165) is 11.3 Å². The van der Waals surface area contributed by atoms with Crippen LogP contribution < -0.4 is 4.74 Å². The molecule has 9 aromatic carbocycles. The minimum absolute atomic E-state index is 0.0337. The fourth-order valence-electron chi connectivity index (χ4n) is 9.00. The normalized spacial score (nSPS) is 16.2. The zero-order valence-corrected chi connectivity index (χ0v) is 27.9. The second-order valence-corrected chi connectivity index (χ2v) is 13.8. The molecule has 51 heavy (non-hydrogen) atoms. The SMILES string of the molecule is C1=CC2Oc3c(-c4cc5c(-c6c7ccccc7c(-c7cccc8ccccc78)c7ccccc67)cccc5c5ccccc45)cccc3C2C=C1. The second kappa shape index (κ2) is 11.0. The van der Waals surface area contributed by atoms with E-state index in [0.29, 0.717) is 0 Å². The lowest BCUT2D eigenvalue weighted by molar-refractivity contribution is 0.270. The maximum atomic E-state index is 6.74. The Hall–Kier alpha value is -6.44. The van der Waals surface area contributed by atoms with Gasteiger partial charge in [0.25, 0.3) is 0 Å². The molecule has 0 spiro atoms. The zero-order valence-electron chi connectivity index (χ0n) is 27.9. The quantitative estimate of drug-likeness (QED) is 0.137. The monoisotopic (exact) mass is 648 g/mol. The molecule has 1 aliphatic heterocycles. The van der Waals surface area contributed by atoms with Crippen molar-refractivity contribution in [2.45, 2.75) is 12.0 Å². The molecule has 0 radical (unpaired) electrons. The van der Waals surface area contributed by atoms with E-state index < -0.39 is 0 Å². The molecule has 0 amide bonds. The van der Waals surface area contributed by atoms with Crippen LogP contribution in [0, 0.1) is 0 Å². The van der Waals surface area contributed by atoms with Crippen LogP contribution in [0.2, 0.25) is 0 Å². The molecule has 0 bridgehead atoms. The van der Waals surface area contributed by atoms with Gasteiger partial charge in [-0.15, -0.1) is 0 Å². The lowest BCUT2D eigenvalue weighted by atomic mass is 9.82. The van der Waals surface area contributed by atoms with Crippen molar-refractivity contribution in [2.24, 2.45) is 0 Å².